The monoisotopic (exact) mass is 407 g/mol. The normalized spacial score (nSPS) is 10.5. The first-order valence-electron chi connectivity index (χ1n) is 9.12. The van der Waals surface area contributed by atoms with Crippen molar-refractivity contribution in [2.45, 2.75) is 18.9 Å². The van der Waals surface area contributed by atoms with Gasteiger partial charge in [-0.05, 0) is 36.9 Å². The Morgan fingerprint density at radius 1 is 1.18 bits per heavy atom. The smallest absolute Gasteiger partial charge is 0.232 e. The molecule has 0 radical (unpaired) electrons. The Morgan fingerprint density at radius 2 is 1.93 bits per heavy atom. The predicted octanol–water partition coefficient (Wildman–Crippen LogP) is 5.31. The highest BCUT2D eigenvalue weighted by Crippen LogP contribution is 2.35. The summed E-state index contributed by atoms with van der Waals surface area (Å²) in [5, 5.41) is 12.5. The first kappa shape index (κ1) is 20.1. The Morgan fingerprint density at radius 3 is 2.54 bits per heavy atom. The quantitative estimate of drug-likeness (QED) is 0.498. The molecule has 0 aliphatic carbocycles. The van der Waals surface area contributed by atoms with Gasteiger partial charge < -0.3 is 4.90 Å². The fourth-order valence-corrected chi connectivity index (χ4v) is 4.52. The van der Waals surface area contributed by atoms with Crippen LogP contribution in [0.2, 0.25) is 0 Å². The van der Waals surface area contributed by atoms with Gasteiger partial charge in [-0.15, -0.1) is 11.3 Å². The summed E-state index contributed by atoms with van der Waals surface area (Å²) in [6.07, 6.45) is 0. The number of carbonyl (C=O) groups excluding carboxylic acids is 1. The van der Waals surface area contributed by atoms with Gasteiger partial charge in [0.15, 0.2) is 0 Å². The zero-order chi connectivity index (χ0) is 19.9. The minimum absolute atomic E-state index is 0.0588. The van der Waals surface area contributed by atoms with Crippen LogP contribution in [0.25, 0.3) is 21.7 Å². The Hall–Kier alpha value is -2.62. The lowest BCUT2D eigenvalue weighted by atomic mass is 10.0. The number of amides is 1. The molecule has 142 valence electrons. The van der Waals surface area contributed by atoms with E-state index in [0.717, 1.165) is 21.7 Å². The van der Waals surface area contributed by atoms with Crippen LogP contribution in [-0.2, 0) is 4.79 Å². The molecular formula is C22H21N3OS2. The molecular weight excluding hydrogens is 386 g/mol. The number of nitriles is 1. The van der Waals surface area contributed by atoms with E-state index in [-0.39, 0.29) is 11.7 Å². The molecule has 1 amide bonds. The van der Waals surface area contributed by atoms with Gasteiger partial charge in [0, 0.05) is 18.7 Å². The molecule has 0 aliphatic rings. The lowest BCUT2D eigenvalue weighted by molar-refractivity contribution is -0.127. The van der Waals surface area contributed by atoms with Gasteiger partial charge in [0.25, 0.3) is 0 Å². The molecule has 0 saturated carbocycles. The SMILES string of the molecule is CCN(CC)C(=O)CSc1nc(-c2cccs2)cc(-c2ccccc2)c1C#N. The predicted molar refractivity (Wildman–Crippen MR) is 116 cm³/mol. The number of aromatic nitrogens is 1. The summed E-state index contributed by atoms with van der Waals surface area (Å²) in [6, 6.07) is 18.1. The van der Waals surface area contributed by atoms with Crippen LogP contribution in [0.1, 0.15) is 19.4 Å². The maximum Gasteiger partial charge on any atom is 0.232 e. The zero-order valence-corrected chi connectivity index (χ0v) is 17.5. The fraction of sp³-hybridized carbons (Fsp3) is 0.227. The highest BCUT2D eigenvalue weighted by atomic mass is 32.2. The van der Waals surface area contributed by atoms with Crippen molar-refractivity contribution in [2.24, 2.45) is 0 Å². The molecule has 0 N–H and O–H groups in total. The van der Waals surface area contributed by atoms with Gasteiger partial charge >= 0.3 is 0 Å². The molecule has 0 bridgehead atoms. The molecule has 0 unspecified atom stereocenters. The molecule has 0 saturated heterocycles. The molecule has 2 heterocycles. The Labute approximate surface area is 173 Å². The molecule has 0 aliphatic heterocycles. The van der Waals surface area contributed by atoms with E-state index in [1.807, 2.05) is 67.8 Å². The minimum atomic E-state index is 0.0588. The number of benzene rings is 1. The minimum Gasteiger partial charge on any atom is -0.343 e. The van der Waals surface area contributed by atoms with Crippen LogP contribution in [0.5, 0.6) is 0 Å². The summed E-state index contributed by atoms with van der Waals surface area (Å²) in [4.78, 5) is 20.0. The first-order chi connectivity index (χ1) is 13.7. The molecule has 0 spiro atoms. The number of hydrogen-bond donors (Lipinski definition) is 0. The number of hydrogen-bond acceptors (Lipinski definition) is 5. The van der Waals surface area contributed by atoms with Gasteiger partial charge in [0.1, 0.15) is 11.1 Å². The number of nitrogens with zero attached hydrogens (tertiary/aromatic N) is 3. The summed E-state index contributed by atoms with van der Waals surface area (Å²) in [6.45, 7) is 5.30. The topological polar surface area (TPSA) is 57.0 Å². The number of thioether (sulfide) groups is 1. The summed E-state index contributed by atoms with van der Waals surface area (Å²) >= 11 is 2.95. The van der Waals surface area contributed by atoms with Crippen LogP contribution in [0.15, 0.2) is 58.9 Å². The Kier molecular flexibility index (Phi) is 6.85. The van der Waals surface area contributed by atoms with Gasteiger partial charge in [-0.25, -0.2) is 4.98 Å². The van der Waals surface area contributed by atoms with E-state index >= 15 is 0 Å². The number of rotatable bonds is 7. The second-order valence-corrected chi connectivity index (χ2v) is 7.96. The van der Waals surface area contributed by atoms with Crippen molar-refractivity contribution in [3.05, 3.63) is 59.5 Å². The molecule has 0 fully saturated rings. The number of thiophene rings is 1. The molecule has 2 aromatic heterocycles. The number of carbonyl (C=O) groups is 1. The van der Waals surface area contributed by atoms with E-state index < -0.39 is 0 Å². The van der Waals surface area contributed by atoms with Gasteiger partial charge in [0.2, 0.25) is 5.91 Å². The van der Waals surface area contributed by atoms with E-state index in [4.69, 9.17) is 4.98 Å². The van der Waals surface area contributed by atoms with Gasteiger partial charge in [0.05, 0.1) is 21.9 Å². The van der Waals surface area contributed by atoms with Crippen molar-refractivity contribution in [2.75, 3.05) is 18.8 Å². The van der Waals surface area contributed by atoms with E-state index in [2.05, 4.69) is 6.07 Å². The molecule has 0 atom stereocenters. The zero-order valence-electron chi connectivity index (χ0n) is 15.9. The third kappa shape index (κ3) is 4.44. The molecule has 4 nitrogen and oxygen atoms in total. The first-order valence-corrected chi connectivity index (χ1v) is 11.0. The Balaban J connectivity index is 2.04. The largest absolute Gasteiger partial charge is 0.343 e. The summed E-state index contributed by atoms with van der Waals surface area (Å²) in [7, 11) is 0. The summed E-state index contributed by atoms with van der Waals surface area (Å²) in [5.41, 5.74) is 3.16. The van der Waals surface area contributed by atoms with E-state index in [0.29, 0.717) is 23.7 Å². The van der Waals surface area contributed by atoms with Gasteiger partial charge in [-0.3, -0.25) is 4.79 Å². The summed E-state index contributed by atoms with van der Waals surface area (Å²) in [5.74, 6) is 0.328. The molecule has 3 rings (SSSR count). The highest BCUT2D eigenvalue weighted by Gasteiger charge is 2.18. The highest BCUT2D eigenvalue weighted by molar-refractivity contribution is 8.00. The van der Waals surface area contributed by atoms with Crippen LogP contribution < -0.4 is 0 Å². The average Bonchev–Trinajstić information content (AvgIpc) is 3.28. The van der Waals surface area contributed by atoms with E-state index in [1.54, 1.807) is 16.2 Å². The van der Waals surface area contributed by atoms with Gasteiger partial charge in [-0.2, -0.15) is 5.26 Å². The molecule has 3 aromatic rings. The maximum atomic E-state index is 12.4. The van der Waals surface area contributed by atoms with Crippen molar-refractivity contribution in [3.63, 3.8) is 0 Å². The van der Waals surface area contributed by atoms with E-state index in [1.165, 1.54) is 11.8 Å². The van der Waals surface area contributed by atoms with Crippen molar-refractivity contribution in [1.82, 2.24) is 9.88 Å². The van der Waals surface area contributed by atoms with Crippen molar-refractivity contribution in [1.29, 1.82) is 5.26 Å². The second-order valence-electron chi connectivity index (χ2n) is 6.05. The Bertz CT molecular complexity index is 975. The number of pyridine rings is 1. The van der Waals surface area contributed by atoms with Crippen LogP contribution >= 0.6 is 23.1 Å². The third-order valence-electron chi connectivity index (χ3n) is 4.40. The fourth-order valence-electron chi connectivity index (χ4n) is 2.93. The van der Waals surface area contributed by atoms with Crippen LogP contribution in [0.3, 0.4) is 0 Å². The van der Waals surface area contributed by atoms with Crippen LogP contribution in [-0.4, -0.2) is 34.6 Å². The van der Waals surface area contributed by atoms with Crippen molar-refractivity contribution in [3.8, 4) is 27.8 Å². The molecule has 28 heavy (non-hydrogen) atoms. The van der Waals surface area contributed by atoms with Gasteiger partial charge in [-0.1, -0.05) is 48.2 Å². The average molecular weight is 408 g/mol. The van der Waals surface area contributed by atoms with Crippen LogP contribution in [0.4, 0.5) is 0 Å². The van der Waals surface area contributed by atoms with E-state index in [9.17, 15) is 10.1 Å². The lowest BCUT2D eigenvalue weighted by Crippen LogP contribution is -2.31. The maximum absolute atomic E-state index is 12.4. The second kappa shape index (κ2) is 9.54. The summed E-state index contributed by atoms with van der Waals surface area (Å²) < 4.78 is 0. The standard InChI is InChI=1S/C22H21N3OS2/c1-3-25(4-2)21(26)15-28-22-18(14-23)17(16-9-6-5-7-10-16)13-19(24-22)20-11-8-12-27-20/h5-13H,3-4,15H2,1-2H3. The third-order valence-corrected chi connectivity index (χ3v) is 6.26. The lowest BCUT2D eigenvalue weighted by Gasteiger charge is -2.18. The molecule has 1 aromatic carbocycles. The van der Waals surface area contributed by atoms with Crippen molar-refractivity contribution >= 4 is 29.0 Å². The van der Waals surface area contributed by atoms with Crippen molar-refractivity contribution < 1.29 is 4.79 Å². The van der Waals surface area contributed by atoms with Crippen LogP contribution in [0, 0.1) is 11.3 Å². The molecule has 6 heteroatoms.